The highest BCUT2D eigenvalue weighted by atomic mass is 19.4. The van der Waals surface area contributed by atoms with E-state index in [-0.39, 0.29) is 6.61 Å². The van der Waals surface area contributed by atoms with E-state index < -0.39 is 24.2 Å². The van der Waals surface area contributed by atoms with Crippen LogP contribution in [-0.2, 0) is 14.3 Å². The maximum atomic E-state index is 12.8. The van der Waals surface area contributed by atoms with Gasteiger partial charge >= 0.3 is 12.1 Å². The van der Waals surface area contributed by atoms with E-state index in [2.05, 4.69) is 9.47 Å². The average Bonchev–Trinajstić information content (AvgIpc) is 2.14. The highest BCUT2D eigenvalue weighted by Crippen LogP contribution is 2.41. The van der Waals surface area contributed by atoms with Crippen molar-refractivity contribution in [1.82, 2.24) is 0 Å². The normalized spacial score (nSPS) is 27.1. The fourth-order valence-corrected chi connectivity index (χ4v) is 1.44. The predicted molar refractivity (Wildman–Crippen MR) is 45.1 cm³/mol. The zero-order valence-corrected chi connectivity index (χ0v) is 8.35. The Bertz CT molecular complexity index is 295. The van der Waals surface area contributed by atoms with Gasteiger partial charge in [0.05, 0.1) is 13.7 Å². The van der Waals surface area contributed by atoms with Crippen molar-refractivity contribution >= 4 is 5.97 Å². The Morgan fingerprint density at radius 1 is 1.60 bits per heavy atom. The number of halogens is 3. The van der Waals surface area contributed by atoms with Gasteiger partial charge in [-0.05, 0) is 6.92 Å². The summed E-state index contributed by atoms with van der Waals surface area (Å²) in [6, 6.07) is 0. The number of hydrogen-bond donors (Lipinski definition) is 0. The Kier molecular flexibility index (Phi) is 3.08. The molecular formula is C9H11F3O3. The molecule has 0 bridgehead atoms. The van der Waals surface area contributed by atoms with Gasteiger partial charge in [-0.1, -0.05) is 11.6 Å². The number of esters is 1. The molecule has 1 aliphatic rings. The summed E-state index contributed by atoms with van der Waals surface area (Å²) in [4.78, 5) is 11.2. The molecule has 0 unspecified atom stereocenters. The highest BCUT2D eigenvalue weighted by Gasteiger charge is 2.63. The van der Waals surface area contributed by atoms with Crippen LogP contribution < -0.4 is 0 Å². The molecule has 3 nitrogen and oxygen atoms in total. The van der Waals surface area contributed by atoms with Gasteiger partial charge in [-0.15, -0.1) is 0 Å². The lowest BCUT2D eigenvalue weighted by molar-refractivity contribution is -0.275. The second-order valence-corrected chi connectivity index (χ2v) is 3.35. The fraction of sp³-hybridized carbons (Fsp3) is 0.667. The van der Waals surface area contributed by atoms with Crippen LogP contribution in [0.3, 0.4) is 0 Å². The number of rotatable bonds is 1. The van der Waals surface area contributed by atoms with Crippen LogP contribution in [0.5, 0.6) is 0 Å². The Balaban J connectivity index is 3.09. The molecule has 1 heterocycles. The van der Waals surface area contributed by atoms with Gasteiger partial charge in [-0.25, -0.2) is 4.79 Å². The monoisotopic (exact) mass is 224 g/mol. The van der Waals surface area contributed by atoms with Crippen molar-refractivity contribution in [1.29, 1.82) is 0 Å². The minimum Gasteiger partial charge on any atom is -0.467 e. The first-order valence-electron chi connectivity index (χ1n) is 4.28. The Morgan fingerprint density at radius 3 is 2.60 bits per heavy atom. The molecule has 1 rings (SSSR count). The lowest BCUT2D eigenvalue weighted by atomic mass is 9.92. The first-order valence-corrected chi connectivity index (χ1v) is 4.28. The van der Waals surface area contributed by atoms with Crippen LogP contribution >= 0.6 is 0 Å². The van der Waals surface area contributed by atoms with E-state index in [1.54, 1.807) is 0 Å². The molecule has 0 fully saturated rings. The Morgan fingerprint density at radius 2 is 2.20 bits per heavy atom. The highest BCUT2D eigenvalue weighted by molar-refractivity contribution is 5.81. The number of carbonyl (C=O) groups excluding carboxylic acids is 1. The molecule has 0 spiro atoms. The van der Waals surface area contributed by atoms with Gasteiger partial charge in [0.15, 0.2) is 0 Å². The van der Waals surface area contributed by atoms with Crippen molar-refractivity contribution in [3.63, 3.8) is 0 Å². The summed E-state index contributed by atoms with van der Waals surface area (Å²) in [5.41, 5.74) is -2.37. The van der Waals surface area contributed by atoms with Gasteiger partial charge in [0.2, 0.25) is 0 Å². The Labute approximate surface area is 84.8 Å². The third-order valence-electron chi connectivity index (χ3n) is 2.26. The molecule has 0 saturated carbocycles. The average molecular weight is 224 g/mol. The second-order valence-electron chi connectivity index (χ2n) is 3.35. The summed E-state index contributed by atoms with van der Waals surface area (Å²) in [5, 5.41) is 0. The number of methoxy groups -OCH3 is 1. The van der Waals surface area contributed by atoms with E-state index in [1.807, 2.05) is 0 Å². The molecule has 0 amide bonds. The van der Waals surface area contributed by atoms with Crippen molar-refractivity contribution in [3.05, 3.63) is 11.6 Å². The summed E-state index contributed by atoms with van der Waals surface area (Å²) in [7, 11) is 0.910. The molecule has 0 N–H and O–H groups in total. The number of carbonyl (C=O) groups is 1. The number of hydrogen-bond acceptors (Lipinski definition) is 3. The lowest BCUT2D eigenvalue weighted by Crippen LogP contribution is -2.56. The van der Waals surface area contributed by atoms with Crippen LogP contribution in [0, 0.1) is 0 Å². The lowest BCUT2D eigenvalue weighted by Gasteiger charge is -2.35. The van der Waals surface area contributed by atoms with Crippen molar-refractivity contribution in [2.75, 3.05) is 13.7 Å². The number of ether oxygens (including phenoxy) is 2. The molecule has 0 aromatic rings. The molecule has 0 saturated heterocycles. The topological polar surface area (TPSA) is 35.5 Å². The fourth-order valence-electron chi connectivity index (χ4n) is 1.44. The van der Waals surface area contributed by atoms with Gasteiger partial charge in [-0.2, -0.15) is 13.2 Å². The molecule has 0 aliphatic carbocycles. The summed E-state index contributed by atoms with van der Waals surface area (Å²) in [6.45, 7) is 1.28. The van der Waals surface area contributed by atoms with Crippen LogP contribution in [0.2, 0.25) is 0 Å². The predicted octanol–water partition coefficient (Wildman–Crippen LogP) is 1.83. The third-order valence-corrected chi connectivity index (χ3v) is 2.26. The molecule has 0 aromatic heterocycles. The summed E-state index contributed by atoms with van der Waals surface area (Å²) in [5.74, 6) is -1.40. The van der Waals surface area contributed by atoms with Crippen molar-refractivity contribution in [2.45, 2.75) is 25.1 Å². The first kappa shape index (κ1) is 12.0. The maximum absolute atomic E-state index is 12.8. The number of alkyl halides is 3. The zero-order valence-electron chi connectivity index (χ0n) is 8.35. The molecule has 1 atom stereocenters. The smallest absolute Gasteiger partial charge is 0.428 e. The molecule has 86 valence electrons. The quantitative estimate of drug-likeness (QED) is 0.503. The van der Waals surface area contributed by atoms with Crippen LogP contribution in [0.4, 0.5) is 13.2 Å². The van der Waals surface area contributed by atoms with Gasteiger partial charge in [0.25, 0.3) is 5.60 Å². The van der Waals surface area contributed by atoms with Gasteiger partial charge < -0.3 is 9.47 Å². The maximum Gasteiger partial charge on any atom is 0.428 e. The van der Waals surface area contributed by atoms with Crippen molar-refractivity contribution < 1.29 is 27.4 Å². The molecule has 0 aromatic carbocycles. The van der Waals surface area contributed by atoms with E-state index in [1.165, 1.54) is 13.0 Å². The third kappa shape index (κ3) is 1.99. The van der Waals surface area contributed by atoms with Crippen LogP contribution in [-0.4, -0.2) is 31.5 Å². The molecule has 0 radical (unpaired) electrons. The Hall–Kier alpha value is -1.04. The van der Waals surface area contributed by atoms with Crippen molar-refractivity contribution in [2.24, 2.45) is 0 Å². The van der Waals surface area contributed by atoms with E-state index in [9.17, 15) is 18.0 Å². The minimum atomic E-state index is -4.77. The standard InChI is InChI=1S/C9H11F3O3/c1-6-3-4-15-8(5-6,7(13)14-2)9(10,11)12/h3H,4-5H2,1-2H3/t8-/m1/s1. The summed E-state index contributed by atoms with van der Waals surface area (Å²) in [6.07, 6.45) is -3.77. The molecular weight excluding hydrogens is 213 g/mol. The summed E-state index contributed by atoms with van der Waals surface area (Å²) >= 11 is 0. The summed E-state index contributed by atoms with van der Waals surface area (Å²) < 4.78 is 47.0. The van der Waals surface area contributed by atoms with E-state index >= 15 is 0 Å². The van der Waals surface area contributed by atoms with Crippen molar-refractivity contribution in [3.8, 4) is 0 Å². The van der Waals surface area contributed by atoms with Gasteiger partial charge in [0, 0.05) is 6.42 Å². The first-order chi connectivity index (χ1) is 6.83. The zero-order chi connectivity index (χ0) is 11.7. The van der Waals surface area contributed by atoms with Crippen LogP contribution in [0.15, 0.2) is 11.6 Å². The minimum absolute atomic E-state index is 0.236. The second kappa shape index (κ2) is 3.84. The van der Waals surface area contributed by atoms with Crippen LogP contribution in [0.1, 0.15) is 13.3 Å². The molecule has 6 heteroatoms. The van der Waals surface area contributed by atoms with Crippen LogP contribution in [0.25, 0.3) is 0 Å². The van der Waals surface area contributed by atoms with E-state index in [0.29, 0.717) is 5.57 Å². The molecule has 1 aliphatic heterocycles. The van der Waals surface area contributed by atoms with Gasteiger partial charge in [0.1, 0.15) is 0 Å². The van der Waals surface area contributed by atoms with E-state index in [4.69, 9.17) is 0 Å². The molecule has 15 heavy (non-hydrogen) atoms. The largest absolute Gasteiger partial charge is 0.467 e. The SMILES string of the molecule is COC(=O)[C@@]1(C(F)(F)F)CC(C)=CCO1. The van der Waals surface area contributed by atoms with E-state index in [0.717, 1.165) is 7.11 Å². The van der Waals surface area contributed by atoms with Gasteiger partial charge in [-0.3, -0.25) is 0 Å².